The fourth-order valence-corrected chi connectivity index (χ4v) is 4.21. The number of aromatic nitrogens is 4. The van der Waals surface area contributed by atoms with E-state index in [1.807, 2.05) is 12.1 Å². The van der Waals surface area contributed by atoms with Crippen molar-refractivity contribution in [1.82, 2.24) is 30.4 Å². The molecule has 0 aliphatic carbocycles. The summed E-state index contributed by atoms with van der Waals surface area (Å²) in [6.07, 6.45) is 1.57. The number of anilines is 3. The summed E-state index contributed by atoms with van der Waals surface area (Å²) in [4.78, 5) is 26.5. The molecule has 3 aromatic rings. The molecule has 1 fully saturated rings. The van der Waals surface area contributed by atoms with Crippen molar-refractivity contribution < 1.29 is 0 Å². The molecule has 1 aliphatic rings. The number of piperazine rings is 1. The molecule has 10 heteroatoms. The SMILES string of the molecule is CC(C)N(c1nc(Nc2ccc(CN3CCNCC3)cc2)c2c(=O)[nH]ncc2n1)C(C)C.Cl. The normalized spacial score (nSPS) is 14.5. The smallest absolute Gasteiger partial charge is 0.277 e. The first kappa shape index (κ1) is 24.9. The number of nitrogens with one attached hydrogen (secondary N) is 3. The summed E-state index contributed by atoms with van der Waals surface area (Å²) in [5.74, 6) is 1.06. The van der Waals surface area contributed by atoms with Crippen molar-refractivity contribution in [1.29, 1.82) is 0 Å². The Morgan fingerprint density at radius 1 is 1.06 bits per heavy atom. The van der Waals surface area contributed by atoms with Crippen LogP contribution in [0.4, 0.5) is 17.5 Å². The van der Waals surface area contributed by atoms with Crippen LogP contribution in [0.15, 0.2) is 35.3 Å². The third-order valence-corrected chi connectivity index (χ3v) is 5.68. The maximum atomic E-state index is 12.6. The lowest BCUT2D eigenvalue weighted by Crippen LogP contribution is -2.42. The zero-order valence-corrected chi connectivity index (χ0v) is 20.4. The lowest BCUT2D eigenvalue weighted by atomic mass is 10.2. The molecule has 3 heterocycles. The summed E-state index contributed by atoms with van der Waals surface area (Å²) < 4.78 is 0. The van der Waals surface area contributed by atoms with Crippen LogP contribution in [0.5, 0.6) is 0 Å². The zero-order chi connectivity index (χ0) is 22.7. The average Bonchev–Trinajstić information content (AvgIpc) is 2.75. The fourth-order valence-electron chi connectivity index (χ4n) is 4.21. The van der Waals surface area contributed by atoms with E-state index in [1.165, 1.54) is 5.56 Å². The maximum Gasteiger partial charge on any atom is 0.277 e. The van der Waals surface area contributed by atoms with E-state index in [4.69, 9.17) is 4.98 Å². The predicted octanol–water partition coefficient (Wildman–Crippen LogP) is 2.91. The van der Waals surface area contributed by atoms with Crippen molar-refractivity contribution >= 4 is 40.8 Å². The molecule has 0 saturated carbocycles. The minimum Gasteiger partial charge on any atom is -0.339 e. The van der Waals surface area contributed by atoms with E-state index in [0.717, 1.165) is 38.4 Å². The predicted molar refractivity (Wildman–Crippen MR) is 136 cm³/mol. The third-order valence-electron chi connectivity index (χ3n) is 5.68. The van der Waals surface area contributed by atoms with Crippen molar-refractivity contribution in [2.24, 2.45) is 0 Å². The van der Waals surface area contributed by atoms with Gasteiger partial charge in [-0.05, 0) is 45.4 Å². The molecule has 0 amide bonds. The van der Waals surface area contributed by atoms with Gasteiger partial charge in [0.05, 0.1) is 6.20 Å². The molecule has 0 atom stereocenters. The molecule has 9 nitrogen and oxygen atoms in total. The summed E-state index contributed by atoms with van der Waals surface area (Å²) in [5.41, 5.74) is 2.34. The number of H-pyrrole nitrogens is 1. The van der Waals surface area contributed by atoms with Gasteiger partial charge in [0, 0.05) is 50.5 Å². The minimum absolute atomic E-state index is 0. The molecule has 0 radical (unpaired) electrons. The molecule has 1 aliphatic heterocycles. The maximum absolute atomic E-state index is 12.6. The summed E-state index contributed by atoms with van der Waals surface area (Å²) in [5, 5.41) is 13.6. The van der Waals surface area contributed by atoms with Gasteiger partial charge < -0.3 is 15.5 Å². The standard InChI is InChI=1S/C23H32N8O.ClH/c1-15(2)31(16(3)4)23-27-19-13-25-29-22(32)20(19)21(28-23)26-18-7-5-17(6-8-18)14-30-11-9-24-10-12-30;/h5-8,13,15-16,24H,9-12,14H2,1-4H3,(H,29,32)(H,26,27,28);1H. The highest BCUT2D eigenvalue weighted by atomic mass is 35.5. The molecule has 0 bridgehead atoms. The van der Waals surface area contributed by atoms with Crippen LogP contribution in [0.25, 0.3) is 10.9 Å². The van der Waals surface area contributed by atoms with Gasteiger partial charge in [-0.3, -0.25) is 9.69 Å². The molecule has 0 spiro atoms. The Labute approximate surface area is 200 Å². The summed E-state index contributed by atoms with van der Waals surface area (Å²) >= 11 is 0. The summed E-state index contributed by atoms with van der Waals surface area (Å²) in [7, 11) is 0. The molecule has 33 heavy (non-hydrogen) atoms. The second-order valence-electron chi connectivity index (χ2n) is 8.77. The number of hydrogen-bond donors (Lipinski definition) is 3. The van der Waals surface area contributed by atoms with Gasteiger partial charge in [0.1, 0.15) is 16.7 Å². The van der Waals surface area contributed by atoms with E-state index in [1.54, 1.807) is 6.20 Å². The van der Waals surface area contributed by atoms with Crippen LogP contribution in [-0.2, 0) is 6.54 Å². The van der Waals surface area contributed by atoms with Crippen LogP contribution >= 0.6 is 12.4 Å². The summed E-state index contributed by atoms with van der Waals surface area (Å²) in [6.45, 7) is 13.6. The van der Waals surface area contributed by atoms with Crippen LogP contribution in [0.1, 0.15) is 33.3 Å². The first-order valence-electron chi connectivity index (χ1n) is 11.2. The van der Waals surface area contributed by atoms with Crippen molar-refractivity contribution in [3.05, 3.63) is 46.4 Å². The molecule has 1 aromatic carbocycles. The van der Waals surface area contributed by atoms with Crippen LogP contribution in [0.2, 0.25) is 0 Å². The second-order valence-corrected chi connectivity index (χ2v) is 8.77. The van der Waals surface area contributed by atoms with E-state index >= 15 is 0 Å². The number of nitrogens with zero attached hydrogens (tertiary/aromatic N) is 5. The largest absolute Gasteiger partial charge is 0.339 e. The van der Waals surface area contributed by atoms with Crippen LogP contribution in [0, 0.1) is 0 Å². The molecular weight excluding hydrogens is 440 g/mol. The lowest BCUT2D eigenvalue weighted by Gasteiger charge is -2.31. The van der Waals surface area contributed by atoms with Crippen LogP contribution < -0.4 is 21.1 Å². The molecule has 1 saturated heterocycles. The molecule has 178 valence electrons. The lowest BCUT2D eigenvalue weighted by molar-refractivity contribution is 0.233. The van der Waals surface area contributed by atoms with E-state index in [0.29, 0.717) is 22.7 Å². The van der Waals surface area contributed by atoms with Gasteiger partial charge in [0.2, 0.25) is 5.95 Å². The van der Waals surface area contributed by atoms with E-state index in [-0.39, 0.29) is 30.0 Å². The van der Waals surface area contributed by atoms with Crippen molar-refractivity contribution in [2.45, 2.75) is 46.3 Å². The number of fused-ring (bicyclic) bond motifs is 1. The van der Waals surface area contributed by atoms with Gasteiger partial charge in [-0.15, -0.1) is 12.4 Å². The Bertz CT molecular complexity index is 1100. The van der Waals surface area contributed by atoms with Gasteiger partial charge >= 0.3 is 0 Å². The molecule has 2 aromatic heterocycles. The van der Waals surface area contributed by atoms with Gasteiger partial charge in [0.25, 0.3) is 5.56 Å². The Morgan fingerprint density at radius 3 is 2.36 bits per heavy atom. The molecule has 3 N–H and O–H groups in total. The Morgan fingerprint density at radius 2 is 1.73 bits per heavy atom. The Kier molecular flexibility index (Phi) is 8.23. The van der Waals surface area contributed by atoms with Crippen molar-refractivity contribution in [3.63, 3.8) is 0 Å². The molecule has 4 rings (SSSR count). The Hall–Kier alpha value is -2.75. The average molecular weight is 473 g/mol. The van der Waals surface area contributed by atoms with Gasteiger partial charge in [-0.2, -0.15) is 10.1 Å². The summed E-state index contributed by atoms with van der Waals surface area (Å²) in [6, 6.07) is 8.72. The van der Waals surface area contributed by atoms with E-state index < -0.39 is 0 Å². The van der Waals surface area contributed by atoms with Gasteiger partial charge in [0.15, 0.2) is 0 Å². The highest BCUT2D eigenvalue weighted by molar-refractivity contribution is 5.90. The zero-order valence-electron chi connectivity index (χ0n) is 19.6. The number of halogens is 1. The van der Waals surface area contributed by atoms with E-state index in [9.17, 15) is 4.79 Å². The topological polar surface area (TPSA) is 102 Å². The fraction of sp³-hybridized carbons (Fsp3) is 0.478. The Balaban J connectivity index is 0.00000306. The number of benzene rings is 1. The van der Waals surface area contributed by atoms with Gasteiger partial charge in [-0.1, -0.05) is 12.1 Å². The third kappa shape index (κ3) is 5.79. The van der Waals surface area contributed by atoms with Crippen LogP contribution in [-0.4, -0.2) is 63.3 Å². The number of rotatable bonds is 7. The monoisotopic (exact) mass is 472 g/mol. The highest BCUT2D eigenvalue weighted by Gasteiger charge is 2.21. The van der Waals surface area contributed by atoms with Crippen molar-refractivity contribution in [2.75, 3.05) is 36.4 Å². The van der Waals surface area contributed by atoms with Gasteiger partial charge in [-0.25, -0.2) is 10.1 Å². The quantitative estimate of drug-likeness (QED) is 0.482. The molecular formula is C23H33ClN8O. The van der Waals surface area contributed by atoms with Crippen LogP contribution in [0.3, 0.4) is 0 Å². The first-order valence-corrected chi connectivity index (χ1v) is 11.2. The first-order chi connectivity index (χ1) is 15.4. The molecule has 0 unspecified atom stereocenters. The second kappa shape index (κ2) is 10.9. The number of aromatic amines is 1. The van der Waals surface area contributed by atoms with E-state index in [2.05, 4.69) is 75.4 Å². The highest BCUT2D eigenvalue weighted by Crippen LogP contribution is 2.26. The van der Waals surface area contributed by atoms with Crippen molar-refractivity contribution in [3.8, 4) is 0 Å². The number of hydrogen-bond acceptors (Lipinski definition) is 8. The minimum atomic E-state index is -0.312.